The molecule has 2 rings (SSSR count). The molecule has 0 saturated carbocycles. The Labute approximate surface area is 105 Å². The van der Waals surface area contributed by atoms with Crippen LogP contribution in [0.3, 0.4) is 0 Å². The van der Waals surface area contributed by atoms with Gasteiger partial charge in [-0.2, -0.15) is 0 Å². The minimum atomic E-state index is -0.841. The minimum Gasteiger partial charge on any atom is -0.481 e. The zero-order chi connectivity index (χ0) is 13.0. The number of ether oxygens (including phenoxy) is 1. The Bertz CT molecular complexity index is 430. The van der Waals surface area contributed by atoms with E-state index in [4.69, 9.17) is 9.84 Å². The van der Waals surface area contributed by atoms with Gasteiger partial charge in [0, 0.05) is 25.2 Å². The van der Waals surface area contributed by atoms with Crippen molar-refractivity contribution in [3.63, 3.8) is 0 Å². The number of rotatable bonds is 4. The zero-order valence-corrected chi connectivity index (χ0v) is 10.1. The molecule has 1 aliphatic heterocycles. The highest BCUT2D eigenvalue weighted by atomic mass is 19.1. The van der Waals surface area contributed by atoms with Gasteiger partial charge in [0.2, 0.25) is 0 Å². The number of benzene rings is 1. The van der Waals surface area contributed by atoms with Crippen LogP contribution >= 0.6 is 0 Å². The summed E-state index contributed by atoms with van der Waals surface area (Å²) in [5, 5.41) is 8.72. The topological polar surface area (TPSA) is 49.8 Å². The van der Waals surface area contributed by atoms with Crippen molar-refractivity contribution < 1.29 is 19.0 Å². The number of morpholine rings is 1. The average molecular weight is 253 g/mol. The summed E-state index contributed by atoms with van der Waals surface area (Å²) in [6, 6.07) is 4.52. The van der Waals surface area contributed by atoms with Crippen molar-refractivity contribution in [2.24, 2.45) is 0 Å². The normalized spacial score (nSPS) is 15.7. The van der Waals surface area contributed by atoms with Crippen LogP contribution < -0.4 is 4.90 Å². The molecule has 0 unspecified atom stereocenters. The molecular weight excluding hydrogens is 237 g/mol. The first-order valence-corrected chi connectivity index (χ1v) is 6.00. The summed E-state index contributed by atoms with van der Waals surface area (Å²) in [6.07, 6.45) is 0.477. The van der Waals surface area contributed by atoms with Crippen molar-refractivity contribution in [2.75, 3.05) is 31.2 Å². The van der Waals surface area contributed by atoms with Gasteiger partial charge < -0.3 is 14.7 Å². The van der Waals surface area contributed by atoms with Gasteiger partial charge in [0.25, 0.3) is 0 Å². The van der Waals surface area contributed by atoms with Gasteiger partial charge in [-0.15, -0.1) is 0 Å². The van der Waals surface area contributed by atoms with Crippen molar-refractivity contribution in [3.05, 3.63) is 29.6 Å². The Morgan fingerprint density at radius 3 is 2.78 bits per heavy atom. The van der Waals surface area contributed by atoms with Crippen LogP contribution in [0.2, 0.25) is 0 Å². The van der Waals surface area contributed by atoms with Crippen molar-refractivity contribution in [1.29, 1.82) is 0 Å². The van der Waals surface area contributed by atoms with E-state index in [-0.39, 0.29) is 12.2 Å². The maximum atomic E-state index is 13.3. The number of aliphatic carboxylic acids is 1. The fraction of sp³-hybridized carbons (Fsp3) is 0.462. The molecule has 1 saturated heterocycles. The molecule has 0 aromatic heterocycles. The van der Waals surface area contributed by atoms with Crippen LogP contribution in [-0.2, 0) is 16.0 Å². The third-order valence-corrected chi connectivity index (χ3v) is 3.01. The molecule has 0 spiro atoms. The van der Waals surface area contributed by atoms with Gasteiger partial charge >= 0.3 is 5.97 Å². The van der Waals surface area contributed by atoms with Crippen LogP contribution in [0.5, 0.6) is 0 Å². The molecule has 1 aromatic carbocycles. The summed E-state index contributed by atoms with van der Waals surface area (Å²) in [5.74, 6) is -1.14. The number of aryl methyl sites for hydroxylation is 1. The zero-order valence-electron chi connectivity index (χ0n) is 10.1. The van der Waals surface area contributed by atoms with Gasteiger partial charge in [-0.1, -0.05) is 6.07 Å². The van der Waals surface area contributed by atoms with E-state index < -0.39 is 5.97 Å². The summed E-state index contributed by atoms with van der Waals surface area (Å²) < 4.78 is 18.6. The summed E-state index contributed by atoms with van der Waals surface area (Å²) in [5.41, 5.74) is 1.67. The van der Waals surface area contributed by atoms with Crippen LogP contribution in [0.4, 0.5) is 10.1 Å². The van der Waals surface area contributed by atoms with Crippen LogP contribution in [0.1, 0.15) is 12.0 Å². The summed E-state index contributed by atoms with van der Waals surface area (Å²) >= 11 is 0. The average Bonchev–Trinajstić information content (AvgIpc) is 2.38. The number of carboxylic acid groups (broad SMARTS) is 1. The quantitative estimate of drug-likeness (QED) is 0.887. The van der Waals surface area contributed by atoms with Crippen molar-refractivity contribution in [3.8, 4) is 0 Å². The molecule has 1 heterocycles. The van der Waals surface area contributed by atoms with Crippen LogP contribution in [0, 0.1) is 5.82 Å². The molecule has 0 bridgehead atoms. The molecule has 0 aliphatic carbocycles. The van der Waals surface area contributed by atoms with Crippen LogP contribution in [0.25, 0.3) is 0 Å². The van der Waals surface area contributed by atoms with Gasteiger partial charge in [-0.3, -0.25) is 4.79 Å². The molecule has 0 atom stereocenters. The molecule has 98 valence electrons. The Morgan fingerprint density at radius 1 is 1.39 bits per heavy atom. The second kappa shape index (κ2) is 5.82. The van der Waals surface area contributed by atoms with Crippen molar-refractivity contribution >= 4 is 11.7 Å². The van der Waals surface area contributed by atoms with E-state index in [9.17, 15) is 9.18 Å². The SMILES string of the molecule is O=C(O)CCc1ccc(F)cc1N1CCOCC1. The number of halogens is 1. The maximum Gasteiger partial charge on any atom is 0.303 e. The highest BCUT2D eigenvalue weighted by molar-refractivity contribution is 5.68. The summed E-state index contributed by atoms with van der Waals surface area (Å²) in [4.78, 5) is 12.7. The first-order chi connectivity index (χ1) is 8.66. The fourth-order valence-electron chi connectivity index (χ4n) is 2.09. The lowest BCUT2D eigenvalue weighted by molar-refractivity contribution is -0.136. The molecule has 1 aliphatic rings. The molecule has 0 radical (unpaired) electrons. The van der Waals surface area contributed by atoms with E-state index in [0.29, 0.717) is 32.7 Å². The first-order valence-electron chi connectivity index (χ1n) is 6.00. The molecule has 1 aromatic rings. The Morgan fingerprint density at radius 2 is 2.11 bits per heavy atom. The first kappa shape index (κ1) is 12.8. The van der Waals surface area contributed by atoms with E-state index in [1.54, 1.807) is 6.07 Å². The van der Waals surface area contributed by atoms with Crippen LogP contribution in [-0.4, -0.2) is 37.4 Å². The fourth-order valence-corrected chi connectivity index (χ4v) is 2.09. The molecule has 0 amide bonds. The van der Waals surface area contributed by atoms with E-state index in [0.717, 1.165) is 11.3 Å². The van der Waals surface area contributed by atoms with Crippen molar-refractivity contribution in [1.82, 2.24) is 0 Å². The molecule has 1 N–H and O–H groups in total. The van der Waals surface area contributed by atoms with E-state index >= 15 is 0 Å². The molecule has 4 nitrogen and oxygen atoms in total. The molecule has 1 fully saturated rings. The van der Waals surface area contributed by atoms with Gasteiger partial charge in [-0.05, 0) is 24.1 Å². The second-order valence-corrected chi connectivity index (χ2v) is 4.27. The second-order valence-electron chi connectivity index (χ2n) is 4.27. The maximum absolute atomic E-state index is 13.3. The number of carboxylic acids is 1. The third-order valence-electron chi connectivity index (χ3n) is 3.01. The lowest BCUT2D eigenvalue weighted by Crippen LogP contribution is -2.36. The Kier molecular flexibility index (Phi) is 4.15. The number of nitrogens with zero attached hydrogens (tertiary/aromatic N) is 1. The summed E-state index contributed by atoms with van der Waals surface area (Å²) in [6.45, 7) is 2.66. The smallest absolute Gasteiger partial charge is 0.303 e. The van der Waals surface area contributed by atoms with Gasteiger partial charge in [0.05, 0.1) is 13.2 Å². The largest absolute Gasteiger partial charge is 0.481 e. The number of hydrogen-bond donors (Lipinski definition) is 1. The van der Waals surface area contributed by atoms with E-state index in [1.165, 1.54) is 12.1 Å². The number of hydrogen-bond acceptors (Lipinski definition) is 3. The lowest BCUT2D eigenvalue weighted by atomic mass is 10.1. The van der Waals surface area contributed by atoms with Crippen molar-refractivity contribution in [2.45, 2.75) is 12.8 Å². The molecule has 18 heavy (non-hydrogen) atoms. The summed E-state index contributed by atoms with van der Waals surface area (Å²) in [7, 11) is 0. The predicted molar refractivity (Wildman–Crippen MR) is 65.4 cm³/mol. The highest BCUT2D eigenvalue weighted by Crippen LogP contribution is 2.24. The van der Waals surface area contributed by atoms with Gasteiger partial charge in [0.1, 0.15) is 5.82 Å². The van der Waals surface area contributed by atoms with E-state index in [2.05, 4.69) is 0 Å². The van der Waals surface area contributed by atoms with Gasteiger partial charge in [0.15, 0.2) is 0 Å². The standard InChI is InChI=1S/C13H16FNO3/c14-11-3-1-10(2-4-13(16)17)12(9-11)15-5-7-18-8-6-15/h1,3,9H,2,4-8H2,(H,16,17). The minimum absolute atomic E-state index is 0.0585. The van der Waals surface area contributed by atoms with Crippen LogP contribution in [0.15, 0.2) is 18.2 Å². The Hall–Kier alpha value is -1.62. The third kappa shape index (κ3) is 3.20. The molecule has 5 heteroatoms. The molecular formula is C13H16FNO3. The lowest BCUT2D eigenvalue weighted by Gasteiger charge is -2.30. The number of carbonyl (C=O) groups is 1. The highest BCUT2D eigenvalue weighted by Gasteiger charge is 2.16. The Balaban J connectivity index is 2.19. The van der Waals surface area contributed by atoms with E-state index in [1.807, 2.05) is 4.90 Å². The number of anilines is 1. The predicted octanol–water partition coefficient (Wildman–Crippen LogP) is 1.68. The monoisotopic (exact) mass is 253 g/mol. The van der Waals surface area contributed by atoms with Gasteiger partial charge in [-0.25, -0.2) is 4.39 Å².